The van der Waals surface area contributed by atoms with Crippen LogP contribution in [0.5, 0.6) is 0 Å². The van der Waals surface area contributed by atoms with Crippen LogP contribution in [-0.2, 0) is 20.8 Å². The first-order chi connectivity index (χ1) is 8.63. The molecule has 0 bridgehead atoms. The number of hydrogen-bond acceptors (Lipinski definition) is 3. The van der Waals surface area contributed by atoms with Crippen molar-refractivity contribution in [3.8, 4) is 0 Å². The third-order valence-corrected chi connectivity index (χ3v) is 3.02. The summed E-state index contributed by atoms with van der Waals surface area (Å²) in [6, 6.07) is 6.62. The highest BCUT2D eigenvalue weighted by molar-refractivity contribution is 5.16. The van der Waals surface area contributed by atoms with Crippen molar-refractivity contribution in [3.63, 3.8) is 0 Å². The van der Waals surface area contributed by atoms with E-state index in [0.717, 1.165) is 6.42 Å². The normalized spacial score (nSPS) is 28.3. The zero-order valence-electron chi connectivity index (χ0n) is 10.8. The van der Waals surface area contributed by atoms with Gasteiger partial charge in [0.25, 0.3) is 0 Å². The lowest BCUT2D eigenvalue weighted by Gasteiger charge is -2.37. The minimum atomic E-state index is -0.506. The second-order valence-electron chi connectivity index (χ2n) is 4.79. The zero-order chi connectivity index (χ0) is 13.0. The summed E-state index contributed by atoms with van der Waals surface area (Å²) in [5, 5.41) is 0. The number of halogens is 1. The highest BCUT2D eigenvalue weighted by Crippen LogP contribution is 2.22. The molecule has 1 fully saturated rings. The average molecular weight is 254 g/mol. The number of rotatable bonds is 4. The molecular formula is C14H19FO3. The van der Waals surface area contributed by atoms with Crippen molar-refractivity contribution < 1.29 is 18.6 Å². The van der Waals surface area contributed by atoms with Gasteiger partial charge in [0, 0.05) is 5.56 Å². The first-order valence-corrected chi connectivity index (χ1v) is 6.23. The summed E-state index contributed by atoms with van der Waals surface area (Å²) < 4.78 is 30.2. The molecule has 1 aliphatic rings. The monoisotopic (exact) mass is 254 g/mol. The fraction of sp³-hybridized carbons (Fsp3) is 0.571. The number of ether oxygens (including phenoxy) is 3. The molecule has 1 saturated heterocycles. The third kappa shape index (κ3) is 3.28. The van der Waals surface area contributed by atoms with Crippen molar-refractivity contribution in [3.05, 3.63) is 35.6 Å². The quantitative estimate of drug-likeness (QED) is 0.827. The SMILES string of the molecule is CC[C@H]1OC[C@@](C)(OCc2ccccc2F)CO1. The van der Waals surface area contributed by atoms with Crippen LogP contribution in [0.15, 0.2) is 24.3 Å². The second kappa shape index (κ2) is 5.78. The van der Waals surface area contributed by atoms with E-state index in [1.807, 2.05) is 13.8 Å². The second-order valence-corrected chi connectivity index (χ2v) is 4.79. The van der Waals surface area contributed by atoms with Crippen molar-refractivity contribution in [1.82, 2.24) is 0 Å². The van der Waals surface area contributed by atoms with Gasteiger partial charge in [0.2, 0.25) is 0 Å². The molecule has 0 N–H and O–H groups in total. The Bertz CT molecular complexity index is 386. The topological polar surface area (TPSA) is 27.7 Å². The Morgan fingerprint density at radius 1 is 1.33 bits per heavy atom. The van der Waals surface area contributed by atoms with Gasteiger partial charge in [-0.3, -0.25) is 0 Å². The van der Waals surface area contributed by atoms with E-state index in [-0.39, 0.29) is 18.7 Å². The highest BCUT2D eigenvalue weighted by Gasteiger charge is 2.33. The largest absolute Gasteiger partial charge is 0.366 e. The molecule has 0 unspecified atom stereocenters. The molecule has 2 rings (SSSR count). The summed E-state index contributed by atoms with van der Waals surface area (Å²) in [6.45, 7) is 5.10. The minimum absolute atomic E-state index is 0.143. The Kier molecular flexibility index (Phi) is 4.32. The van der Waals surface area contributed by atoms with Crippen molar-refractivity contribution >= 4 is 0 Å². The molecule has 0 amide bonds. The molecule has 1 aromatic rings. The molecule has 0 radical (unpaired) electrons. The molecular weight excluding hydrogens is 235 g/mol. The minimum Gasteiger partial charge on any atom is -0.366 e. The summed E-state index contributed by atoms with van der Waals surface area (Å²) in [4.78, 5) is 0. The van der Waals surface area contributed by atoms with Crippen LogP contribution >= 0.6 is 0 Å². The Hall–Kier alpha value is -0.970. The van der Waals surface area contributed by atoms with Crippen LogP contribution in [0.25, 0.3) is 0 Å². The lowest BCUT2D eigenvalue weighted by atomic mass is 10.1. The van der Waals surface area contributed by atoms with Crippen molar-refractivity contribution in [2.24, 2.45) is 0 Å². The maximum Gasteiger partial charge on any atom is 0.157 e. The summed E-state index contributed by atoms with van der Waals surface area (Å²) in [6.07, 6.45) is 0.679. The van der Waals surface area contributed by atoms with Gasteiger partial charge in [0.05, 0.1) is 19.8 Å². The third-order valence-electron chi connectivity index (χ3n) is 3.02. The lowest BCUT2D eigenvalue weighted by molar-refractivity contribution is -0.263. The number of hydrogen-bond donors (Lipinski definition) is 0. The molecule has 0 aromatic heterocycles. The molecule has 0 aliphatic carbocycles. The number of benzene rings is 1. The van der Waals surface area contributed by atoms with Crippen LogP contribution in [0.2, 0.25) is 0 Å². The van der Waals surface area contributed by atoms with E-state index >= 15 is 0 Å². The van der Waals surface area contributed by atoms with Crippen molar-refractivity contribution in [2.75, 3.05) is 13.2 Å². The van der Waals surface area contributed by atoms with Gasteiger partial charge < -0.3 is 14.2 Å². The van der Waals surface area contributed by atoms with E-state index < -0.39 is 5.60 Å². The molecule has 1 aromatic carbocycles. The van der Waals surface area contributed by atoms with Crippen LogP contribution in [-0.4, -0.2) is 25.1 Å². The predicted octanol–water partition coefficient (Wildman–Crippen LogP) is 2.88. The first kappa shape index (κ1) is 13.5. The van der Waals surface area contributed by atoms with E-state index in [9.17, 15) is 4.39 Å². The summed E-state index contributed by atoms with van der Waals surface area (Å²) in [5.74, 6) is -0.245. The Morgan fingerprint density at radius 3 is 2.61 bits per heavy atom. The highest BCUT2D eigenvalue weighted by atomic mass is 19.1. The summed E-state index contributed by atoms with van der Waals surface area (Å²) in [7, 11) is 0. The molecule has 100 valence electrons. The Balaban J connectivity index is 1.88. The molecule has 1 aliphatic heterocycles. The Morgan fingerprint density at radius 2 is 2.00 bits per heavy atom. The Labute approximate surface area is 107 Å². The van der Waals surface area contributed by atoms with Crippen LogP contribution in [0.4, 0.5) is 4.39 Å². The van der Waals surface area contributed by atoms with Crippen molar-refractivity contribution in [2.45, 2.75) is 38.8 Å². The lowest BCUT2D eigenvalue weighted by Crippen LogP contribution is -2.46. The van der Waals surface area contributed by atoms with E-state index in [1.54, 1.807) is 18.2 Å². The molecule has 0 atom stereocenters. The average Bonchev–Trinajstić information content (AvgIpc) is 2.39. The maximum absolute atomic E-state index is 13.4. The van der Waals surface area contributed by atoms with E-state index in [4.69, 9.17) is 14.2 Å². The molecule has 3 nitrogen and oxygen atoms in total. The zero-order valence-corrected chi connectivity index (χ0v) is 10.8. The van der Waals surface area contributed by atoms with Gasteiger partial charge in [0.15, 0.2) is 6.29 Å². The van der Waals surface area contributed by atoms with Gasteiger partial charge in [-0.1, -0.05) is 25.1 Å². The van der Waals surface area contributed by atoms with Crippen LogP contribution in [0.3, 0.4) is 0 Å². The van der Waals surface area contributed by atoms with E-state index in [0.29, 0.717) is 18.8 Å². The van der Waals surface area contributed by atoms with Crippen LogP contribution < -0.4 is 0 Å². The van der Waals surface area contributed by atoms with E-state index in [2.05, 4.69) is 0 Å². The van der Waals surface area contributed by atoms with Gasteiger partial charge in [-0.2, -0.15) is 0 Å². The molecule has 0 spiro atoms. The van der Waals surface area contributed by atoms with Gasteiger partial charge in [-0.15, -0.1) is 0 Å². The summed E-state index contributed by atoms with van der Waals surface area (Å²) in [5.41, 5.74) is 0.0462. The fourth-order valence-corrected chi connectivity index (χ4v) is 1.81. The van der Waals surface area contributed by atoms with Crippen LogP contribution in [0, 0.1) is 5.82 Å². The standard InChI is InChI=1S/C14H19FO3/c1-3-13-16-9-14(2,10-17-13)18-8-11-6-4-5-7-12(11)15/h4-7,13H,3,8-10H2,1-2H3/t13-,14+. The molecule has 1 heterocycles. The molecule has 4 heteroatoms. The van der Waals surface area contributed by atoms with Gasteiger partial charge in [-0.25, -0.2) is 4.39 Å². The van der Waals surface area contributed by atoms with Gasteiger partial charge in [-0.05, 0) is 19.4 Å². The molecule has 0 saturated carbocycles. The van der Waals surface area contributed by atoms with E-state index in [1.165, 1.54) is 6.07 Å². The van der Waals surface area contributed by atoms with Gasteiger partial charge >= 0.3 is 0 Å². The fourth-order valence-electron chi connectivity index (χ4n) is 1.81. The smallest absolute Gasteiger partial charge is 0.157 e. The molecule has 18 heavy (non-hydrogen) atoms. The first-order valence-electron chi connectivity index (χ1n) is 6.23. The maximum atomic E-state index is 13.4. The van der Waals surface area contributed by atoms with Crippen LogP contribution in [0.1, 0.15) is 25.8 Å². The summed E-state index contributed by atoms with van der Waals surface area (Å²) >= 11 is 0. The van der Waals surface area contributed by atoms with Crippen molar-refractivity contribution in [1.29, 1.82) is 0 Å². The predicted molar refractivity (Wildman–Crippen MR) is 65.6 cm³/mol. The van der Waals surface area contributed by atoms with Gasteiger partial charge in [0.1, 0.15) is 11.4 Å².